The van der Waals surface area contributed by atoms with E-state index in [4.69, 9.17) is 0 Å². The Morgan fingerprint density at radius 2 is 1.75 bits per heavy atom. The van der Waals surface area contributed by atoms with E-state index >= 15 is 0 Å². The van der Waals surface area contributed by atoms with Crippen molar-refractivity contribution in [3.63, 3.8) is 0 Å². The summed E-state index contributed by atoms with van der Waals surface area (Å²) in [5, 5.41) is 3.44. The van der Waals surface area contributed by atoms with Crippen LogP contribution in [0.15, 0.2) is 0 Å². The molecule has 2 aliphatic rings. The zero-order valence-corrected chi connectivity index (χ0v) is 10.9. The van der Waals surface area contributed by atoms with E-state index in [0.717, 1.165) is 12.0 Å². The third-order valence-corrected chi connectivity index (χ3v) is 4.40. The SMILES string of the molecule is CNC1CCCN(CC2CCCCCC2)C1. The largest absolute Gasteiger partial charge is 0.316 e. The lowest BCUT2D eigenvalue weighted by Crippen LogP contribution is -2.45. The van der Waals surface area contributed by atoms with Gasteiger partial charge in [-0.05, 0) is 45.2 Å². The molecule has 2 rings (SSSR count). The van der Waals surface area contributed by atoms with E-state index < -0.39 is 0 Å². The van der Waals surface area contributed by atoms with Crippen molar-refractivity contribution in [1.82, 2.24) is 10.2 Å². The molecule has 1 N–H and O–H groups in total. The van der Waals surface area contributed by atoms with E-state index in [0.29, 0.717) is 0 Å². The molecule has 0 aromatic carbocycles. The summed E-state index contributed by atoms with van der Waals surface area (Å²) in [6.45, 7) is 4.00. The van der Waals surface area contributed by atoms with Crippen LogP contribution in [-0.4, -0.2) is 37.6 Å². The van der Waals surface area contributed by atoms with Crippen LogP contribution in [0.2, 0.25) is 0 Å². The van der Waals surface area contributed by atoms with Crippen molar-refractivity contribution in [1.29, 1.82) is 0 Å². The molecule has 2 fully saturated rings. The quantitative estimate of drug-likeness (QED) is 0.741. The monoisotopic (exact) mass is 224 g/mol. The Morgan fingerprint density at radius 1 is 1.00 bits per heavy atom. The first-order valence-electron chi connectivity index (χ1n) is 7.28. The van der Waals surface area contributed by atoms with Gasteiger partial charge in [0.15, 0.2) is 0 Å². The third-order valence-electron chi connectivity index (χ3n) is 4.40. The molecule has 0 aromatic heterocycles. The molecule has 1 unspecified atom stereocenters. The Bertz CT molecular complexity index is 185. The zero-order chi connectivity index (χ0) is 11.2. The lowest BCUT2D eigenvalue weighted by molar-refractivity contribution is 0.162. The Kier molecular flexibility index (Phi) is 5.11. The molecule has 94 valence electrons. The van der Waals surface area contributed by atoms with Crippen LogP contribution in [0, 0.1) is 5.92 Å². The molecule has 0 amide bonds. The molecular formula is C14H28N2. The fraction of sp³-hybridized carbons (Fsp3) is 1.00. The predicted molar refractivity (Wildman–Crippen MR) is 69.7 cm³/mol. The molecule has 1 aliphatic carbocycles. The number of hydrogen-bond acceptors (Lipinski definition) is 2. The molecule has 0 spiro atoms. The highest BCUT2D eigenvalue weighted by Crippen LogP contribution is 2.24. The Hall–Kier alpha value is -0.0800. The van der Waals surface area contributed by atoms with Crippen LogP contribution in [0.4, 0.5) is 0 Å². The molecule has 2 nitrogen and oxygen atoms in total. The molecule has 1 heterocycles. The average molecular weight is 224 g/mol. The topological polar surface area (TPSA) is 15.3 Å². The second-order valence-electron chi connectivity index (χ2n) is 5.74. The minimum absolute atomic E-state index is 0.750. The van der Waals surface area contributed by atoms with Crippen LogP contribution >= 0.6 is 0 Å². The van der Waals surface area contributed by atoms with Gasteiger partial charge in [-0.2, -0.15) is 0 Å². The first-order valence-corrected chi connectivity index (χ1v) is 7.28. The lowest BCUT2D eigenvalue weighted by atomic mass is 9.97. The molecule has 2 heteroatoms. The second-order valence-corrected chi connectivity index (χ2v) is 5.74. The van der Waals surface area contributed by atoms with E-state index in [9.17, 15) is 0 Å². The van der Waals surface area contributed by atoms with Crippen LogP contribution in [-0.2, 0) is 0 Å². The fourth-order valence-corrected chi connectivity index (χ4v) is 3.37. The van der Waals surface area contributed by atoms with Crippen LogP contribution in [0.3, 0.4) is 0 Å². The van der Waals surface area contributed by atoms with Crippen LogP contribution < -0.4 is 5.32 Å². The van der Waals surface area contributed by atoms with Gasteiger partial charge in [0, 0.05) is 19.1 Å². The van der Waals surface area contributed by atoms with Gasteiger partial charge in [0.2, 0.25) is 0 Å². The Morgan fingerprint density at radius 3 is 2.44 bits per heavy atom. The summed E-state index contributed by atoms with van der Waals surface area (Å²) in [4.78, 5) is 2.71. The van der Waals surface area contributed by atoms with Crippen molar-refractivity contribution in [2.75, 3.05) is 26.7 Å². The standard InChI is InChI=1S/C14H28N2/c1-15-14-9-6-10-16(12-14)11-13-7-4-2-3-5-8-13/h13-15H,2-12H2,1H3. The molecule has 1 aliphatic heterocycles. The smallest absolute Gasteiger partial charge is 0.0192 e. The first kappa shape index (κ1) is 12.4. The van der Waals surface area contributed by atoms with E-state index in [-0.39, 0.29) is 0 Å². The summed E-state index contributed by atoms with van der Waals surface area (Å²) < 4.78 is 0. The molecule has 1 atom stereocenters. The van der Waals surface area contributed by atoms with Crippen molar-refractivity contribution in [2.45, 2.75) is 57.4 Å². The van der Waals surface area contributed by atoms with E-state index in [1.54, 1.807) is 0 Å². The maximum absolute atomic E-state index is 3.44. The Labute approximate surface area is 101 Å². The summed E-state index contributed by atoms with van der Waals surface area (Å²) >= 11 is 0. The van der Waals surface area contributed by atoms with Gasteiger partial charge in [-0.1, -0.05) is 25.7 Å². The van der Waals surface area contributed by atoms with Crippen molar-refractivity contribution in [3.8, 4) is 0 Å². The number of likely N-dealkylation sites (N-methyl/N-ethyl adjacent to an activating group) is 1. The maximum Gasteiger partial charge on any atom is 0.0192 e. The highest BCUT2D eigenvalue weighted by Gasteiger charge is 2.21. The third kappa shape index (κ3) is 3.74. The molecule has 16 heavy (non-hydrogen) atoms. The average Bonchev–Trinajstić information content (AvgIpc) is 2.58. The van der Waals surface area contributed by atoms with Crippen LogP contribution in [0.5, 0.6) is 0 Å². The summed E-state index contributed by atoms with van der Waals surface area (Å²) in [7, 11) is 2.11. The van der Waals surface area contributed by atoms with Crippen molar-refractivity contribution < 1.29 is 0 Å². The minimum Gasteiger partial charge on any atom is -0.316 e. The number of nitrogens with zero attached hydrogens (tertiary/aromatic N) is 1. The predicted octanol–water partition coefficient (Wildman–Crippen LogP) is 2.64. The maximum atomic E-state index is 3.44. The van der Waals surface area contributed by atoms with Crippen molar-refractivity contribution in [2.24, 2.45) is 5.92 Å². The van der Waals surface area contributed by atoms with Gasteiger partial charge >= 0.3 is 0 Å². The van der Waals surface area contributed by atoms with E-state index in [1.165, 1.54) is 71.0 Å². The molecule has 1 saturated heterocycles. The summed E-state index contributed by atoms with van der Waals surface area (Å²) in [5.74, 6) is 0.998. The highest BCUT2D eigenvalue weighted by molar-refractivity contribution is 4.79. The Balaban J connectivity index is 1.74. The summed E-state index contributed by atoms with van der Waals surface area (Å²) in [6.07, 6.45) is 11.7. The van der Waals surface area contributed by atoms with Gasteiger partial charge in [-0.15, -0.1) is 0 Å². The van der Waals surface area contributed by atoms with Gasteiger partial charge < -0.3 is 10.2 Å². The first-order chi connectivity index (χ1) is 7.88. The number of likely N-dealkylation sites (tertiary alicyclic amines) is 1. The molecule has 0 aromatic rings. The van der Waals surface area contributed by atoms with Gasteiger partial charge in [-0.3, -0.25) is 0 Å². The van der Waals surface area contributed by atoms with Crippen molar-refractivity contribution >= 4 is 0 Å². The minimum atomic E-state index is 0.750. The summed E-state index contributed by atoms with van der Waals surface area (Å²) in [5.41, 5.74) is 0. The number of nitrogens with one attached hydrogen (secondary N) is 1. The van der Waals surface area contributed by atoms with Crippen LogP contribution in [0.1, 0.15) is 51.4 Å². The van der Waals surface area contributed by atoms with Crippen molar-refractivity contribution in [3.05, 3.63) is 0 Å². The van der Waals surface area contributed by atoms with Crippen LogP contribution in [0.25, 0.3) is 0 Å². The molecular weight excluding hydrogens is 196 g/mol. The normalized spacial score (nSPS) is 30.2. The molecule has 1 saturated carbocycles. The highest BCUT2D eigenvalue weighted by atomic mass is 15.2. The number of rotatable bonds is 3. The molecule has 0 bridgehead atoms. The zero-order valence-electron chi connectivity index (χ0n) is 10.9. The van der Waals surface area contributed by atoms with E-state index in [1.807, 2.05) is 0 Å². The number of hydrogen-bond donors (Lipinski definition) is 1. The van der Waals surface area contributed by atoms with Gasteiger partial charge in [0.1, 0.15) is 0 Å². The number of piperidine rings is 1. The van der Waals surface area contributed by atoms with Gasteiger partial charge in [-0.25, -0.2) is 0 Å². The fourth-order valence-electron chi connectivity index (χ4n) is 3.37. The van der Waals surface area contributed by atoms with Gasteiger partial charge in [0.25, 0.3) is 0 Å². The van der Waals surface area contributed by atoms with E-state index in [2.05, 4.69) is 17.3 Å². The molecule has 0 radical (unpaired) electrons. The summed E-state index contributed by atoms with van der Waals surface area (Å²) in [6, 6.07) is 0.750. The van der Waals surface area contributed by atoms with Gasteiger partial charge in [0.05, 0.1) is 0 Å². The lowest BCUT2D eigenvalue weighted by Gasteiger charge is -2.34. The second kappa shape index (κ2) is 6.61.